The number of rotatable bonds is 3. The fourth-order valence-corrected chi connectivity index (χ4v) is 6.23. The molecule has 3 aliphatic rings. The van der Waals surface area contributed by atoms with Crippen molar-refractivity contribution in [2.45, 2.75) is 57.8 Å². The number of aromatic nitrogens is 2. The van der Waals surface area contributed by atoms with Crippen LogP contribution in [-0.2, 0) is 17.6 Å². The van der Waals surface area contributed by atoms with Crippen molar-refractivity contribution in [2.75, 3.05) is 31.1 Å². The summed E-state index contributed by atoms with van der Waals surface area (Å²) in [5.41, 5.74) is 1.53. The van der Waals surface area contributed by atoms with E-state index in [1.165, 1.54) is 52.8 Å². The topological polar surface area (TPSA) is 49.3 Å². The van der Waals surface area contributed by atoms with Gasteiger partial charge in [-0.3, -0.25) is 4.79 Å². The molecule has 2 aliphatic heterocycles. The SMILES string of the molecule is O=C1CCCCN1CC1CCN(c2ncnc3sc4c(c23)CCCC4)CC1. The van der Waals surface area contributed by atoms with E-state index < -0.39 is 0 Å². The Morgan fingerprint density at radius 1 is 1.00 bits per heavy atom. The number of carbonyl (C=O) groups excluding carboxylic acids is 1. The van der Waals surface area contributed by atoms with Crippen LogP contribution in [0.15, 0.2) is 6.33 Å². The number of aryl methyl sites for hydroxylation is 2. The summed E-state index contributed by atoms with van der Waals surface area (Å²) in [6, 6.07) is 0. The lowest BCUT2D eigenvalue weighted by Gasteiger charge is -2.36. The van der Waals surface area contributed by atoms with Crippen molar-refractivity contribution in [1.29, 1.82) is 0 Å². The van der Waals surface area contributed by atoms with Crippen LogP contribution in [-0.4, -0.2) is 47.0 Å². The molecule has 2 aromatic heterocycles. The molecular formula is C21H28N4OS. The number of piperidine rings is 2. The fraction of sp³-hybridized carbons (Fsp3) is 0.667. The fourth-order valence-electron chi connectivity index (χ4n) is 5.01. The maximum absolute atomic E-state index is 12.1. The quantitative estimate of drug-likeness (QED) is 0.808. The third-order valence-electron chi connectivity index (χ3n) is 6.55. The largest absolute Gasteiger partial charge is 0.356 e. The molecule has 0 N–H and O–H groups in total. The van der Waals surface area contributed by atoms with Crippen molar-refractivity contribution in [3.8, 4) is 0 Å². The Morgan fingerprint density at radius 3 is 2.67 bits per heavy atom. The first kappa shape index (κ1) is 17.4. The summed E-state index contributed by atoms with van der Waals surface area (Å²) in [5, 5.41) is 1.34. The summed E-state index contributed by atoms with van der Waals surface area (Å²) in [4.78, 5) is 28.7. The summed E-state index contributed by atoms with van der Waals surface area (Å²) < 4.78 is 0. The van der Waals surface area contributed by atoms with E-state index in [1.807, 2.05) is 11.3 Å². The van der Waals surface area contributed by atoms with Gasteiger partial charge in [-0.1, -0.05) is 0 Å². The average molecular weight is 385 g/mol. The zero-order chi connectivity index (χ0) is 18.2. The first-order chi connectivity index (χ1) is 13.3. The molecule has 2 saturated heterocycles. The molecule has 5 rings (SSSR count). The smallest absolute Gasteiger partial charge is 0.222 e. The minimum atomic E-state index is 0.367. The number of amides is 1. The van der Waals surface area contributed by atoms with Crippen LogP contribution in [0, 0.1) is 5.92 Å². The van der Waals surface area contributed by atoms with E-state index >= 15 is 0 Å². The van der Waals surface area contributed by atoms with Gasteiger partial charge < -0.3 is 9.80 Å². The first-order valence-electron chi connectivity index (χ1n) is 10.6. The van der Waals surface area contributed by atoms with Crippen LogP contribution in [0.25, 0.3) is 10.2 Å². The van der Waals surface area contributed by atoms with E-state index in [2.05, 4.69) is 14.8 Å². The number of thiophene rings is 1. The summed E-state index contributed by atoms with van der Waals surface area (Å²) >= 11 is 1.88. The van der Waals surface area contributed by atoms with Gasteiger partial charge in [0.2, 0.25) is 5.91 Å². The predicted molar refractivity (Wildman–Crippen MR) is 109 cm³/mol. The van der Waals surface area contributed by atoms with Crippen molar-refractivity contribution in [1.82, 2.24) is 14.9 Å². The number of nitrogens with zero attached hydrogens (tertiary/aromatic N) is 4. The second-order valence-electron chi connectivity index (χ2n) is 8.32. The van der Waals surface area contributed by atoms with E-state index in [1.54, 1.807) is 6.33 Å². The second kappa shape index (κ2) is 7.38. The van der Waals surface area contributed by atoms with Gasteiger partial charge in [-0.2, -0.15) is 0 Å². The minimum Gasteiger partial charge on any atom is -0.356 e. The van der Waals surface area contributed by atoms with Crippen LogP contribution < -0.4 is 4.90 Å². The van der Waals surface area contributed by atoms with E-state index in [4.69, 9.17) is 4.98 Å². The highest BCUT2D eigenvalue weighted by atomic mass is 32.1. The van der Waals surface area contributed by atoms with Gasteiger partial charge in [-0.25, -0.2) is 9.97 Å². The van der Waals surface area contributed by atoms with Gasteiger partial charge >= 0.3 is 0 Å². The maximum atomic E-state index is 12.1. The van der Waals surface area contributed by atoms with Crippen molar-refractivity contribution in [3.05, 3.63) is 16.8 Å². The van der Waals surface area contributed by atoms with Crippen LogP contribution >= 0.6 is 11.3 Å². The van der Waals surface area contributed by atoms with E-state index in [9.17, 15) is 4.79 Å². The molecule has 27 heavy (non-hydrogen) atoms. The molecule has 4 heterocycles. The molecule has 0 bridgehead atoms. The third kappa shape index (κ3) is 3.33. The molecule has 5 nitrogen and oxygen atoms in total. The van der Waals surface area contributed by atoms with Crippen LogP contribution in [0.4, 0.5) is 5.82 Å². The molecule has 0 radical (unpaired) electrons. The van der Waals surface area contributed by atoms with Gasteiger partial charge in [0, 0.05) is 37.5 Å². The highest BCUT2D eigenvalue weighted by Gasteiger charge is 2.28. The number of anilines is 1. The van der Waals surface area contributed by atoms with Crippen LogP contribution in [0.1, 0.15) is 55.4 Å². The molecule has 6 heteroatoms. The lowest BCUT2D eigenvalue weighted by atomic mass is 9.94. The monoisotopic (exact) mass is 384 g/mol. The van der Waals surface area contributed by atoms with E-state index in [0.29, 0.717) is 11.8 Å². The zero-order valence-electron chi connectivity index (χ0n) is 16.0. The van der Waals surface area contributed by atoms with Crippen molar-refractivity contribution >= 4 is 33.3 Å². The Bertz CT molecular complexity index is 840. The standard InChI is InChI=1S/C21H28N4OS/c26-18-7-3-4-10-25(18)13-15-8-11-24(12-9-15)20-19-16-5-1-2-6-17(16)27-21(19)23-14-22-20/h14-15H,1-13H2. The molecule has 1 aliphatic carbocycles. The summed E-state index contributed by atoms with van der Waals surface area (Å²) in [7, 11) is 0. The van der Waals surface area contributed by atoms with Gasteiger partial charge in [-0.05, 0) is 62.8 Å². The number of carbonyl (C=O) groups is 1. The average Bonchev–Trinajstić information content (AvgIpc) is 3.09. The van der Waals surface area contributed by atoms with Gasteiger partial charge in [0.05, 0.1) is 5.39 Å². The first-order valence-corrected chi connectivity index (χ1v) is 11.4. The van der Waals surface area contributed by atoms with Crippen molar-refractivity contribution < 1.29 is 4.79 Å². The minimum absolute atomic E-state index is 0.367. The molecule has 0 aromatic carbocycles. The molecule has 1 amide bonds. The number of hydrogen-bond donors (Lipinski definition) is 0. The normalized spacial score (nSPS) is 21.7. The summed E-state index contributed by atoms with van der Waals surface area (Å²) in [5.74, 6) is 2.16. The zero-order valence-corrected chi connectivity index (χ0v) is 16.8. The van der Waals surface area contributed by atoms with Crippen LogP contribution in [0.2, 0.25) is 0 Å². The summed E-state index contributed by atoms with van der Waals surface area (Å²) in [6.45, 7) is 4.01. The number of fused-ring (bicyclic) bond motifs is 3. The van der Waals surface area contributed by atoms with Gasteiger partial charge in [0.25, 0.3) is 0 Å². The van der Waals surface area contributed by atoms with Gasteiger partial charge in [0.15, 0.2) is 0 Å². The molecule has 144 valence electrons. The second-order valence-corrected chi connectivity index (χ2v) is 9.40. The van der Waals surface area contributed by atoms with Crippen molar-refractivity contribution in [3.63, 3.8) is 0 Å². The Morgan fingerprint density at radius 2 is 1.81 bits per heavy atom. The Kier molecular flexibility index (Phi) is 4.76. The molecule has 2 fully saturated rings. The van der Waals surface area contributed by atoms with Crippen molar-refractivity contribution in [2.24, 2.45) is 5.92 Å². The summed E-state index contributed by atoms with van der Waals surface area (Å²) in [6.07, 6.45) is 12.0. The highest BCUT2D eigenvalue weighted by Crippen LogP contribution is 2.40. The lowest BCUT2D eigenvalue weighted by molar-refractivity contribution is -0.134. The van der Waals surface area contributed by atoms with E-state index in [-0.39, 0.29) is 0 Å². The Hall–Kier alpha value is -1.69. The van der Waals surface area contributed by atoms with Crippen LogP contribution in [0.5, 0.6) is 0 Å². The highest BCUT2D eigenvalue weighted by molar-refractivity contribution is 7.19. The molecule has 0 spiro atoms. The Labute approximate surface area is 164 Å². The van der Waals surface area contributed by atoms with Gasteiger partial charge in [-0.15, -0.1) is 11.3 Å². The molecule has 0 unspecified atom stereocenters. The lowest BCUT2D eigenvalue weighted by Crippen LogP contribution is -2.43. The maximum Gasteiger partial charge on any atom is 0.222 e. The van der Waals surface area contributed by atoms with Crippen LogP contribution in [0.3, 0.4) is 0 Å². The third-order valence-corrected chi connectivity index (χ3v) is 7.75. The van der Waals surface area contributed by atoms with Gasteiger partial charge in [0.1, 0.15) is 17.0 Å². The molecule has 0 atom stereocenters. The number of hydrogen-bond acceptors (Lipinski definition) is 5. The molecular weight excluding hydrogens is 356 g/mol. The Balaban J connectivity index is 1.31. The predicted octanol–water partition coefficient (Wildman–Crippen LogP) is 3.80. The molecule has 0 saturated carbocycles. The number of likely N-dealkylation sites (tertiary alicyclic amines) is 1. The molecule has 2 aromatic rings. The van der Waals surface area contributed by atoms with E-state index in [0.717, 1.165) is 57.7 Å².